The van der Waals surface area contributed by atoms with Crippen LogP contribution in [0.3, 0.4) is 0 Å². The zero-order valence-corrected chi connectivity index (χ0v) is 20.9. The molecule has 1 unspecified atom stereocenters. The van der Waals surface area contributed by atoms with Gasteiger partial charge in [0.2, 0.25) is 0 Å². The minimum Gasteiger partial charge on any atom is -0.497 e. The van der Waals surface area contributed by atoms with Gasteiger partial charge in [0.25, 0.3) is 0 Å². The van der Waals surface area contributed by atoms with Gasteiger partial charge in [-0.15, -0.1) is 11.3 Å². The van der Waals surface area contributed by atoms with Gasteiger partial charge in [-0.2, -0.15) is 0 Å². The van der Waals surface area contributed by atoms with Crippen molar-refractivity contribution in [2.45, 2.75) is 38.1 Å². The standard InChI is InChI=1S/C30H31NO3S/c1-33-25-14-15-26-27(20-25)35-28(19-21-7-3-2-4-8-21)29(26)30(32)22-10-12-24(13-11-22)34-18-16-23-9-5-6-17-31-23/h2-4,7-8,10-15,20,23,31H,5-6,9,16-19H2,1H3. The van der Waals surface area contributed by atoms with E-state index in [9.17, 15) is 4.79 Å². The van der Waals surface area contributed by atoms with Crippen molar-refractivity contribution < 1.29 is 14.3 Å². The minimum absolute atomic E-state index is 0.0466. The lowest BCUT2D eigenvalue weighted by molar-refractivity contribution is 0.104. The van der Waals surface area contributed by atoms with E-state index in [1.807, 2.05) is 60.7 Å². The van der Waals surface area contributed by atoms with Crippen LogP contribution >= 0.6 is 11.3 Å². The number of ketones is 1. The van der Waals surface area contributed by atoms with E-state index >= 15 is 0 Å². The average molecular weight is 486 g/mol. The van der Waals surface area contributed by atoms with Crippen LogP contribution < -0.4 is 14.8 Å². The lowest BCUT2D eigenvalue weighted by Gasteiger charge is -2.23. The van der Waals surface area contributed by atoms with E-state index in [1.165, 1.54) is 24.8 Å². The Morgan fingerprint density at radius 1 is 1.00 bits per heavy atom. The summed E-state index contributed by atoms with van der Waals surface area (Å²) in [6.07, 6.45) is 5.52. The molecule has 3 aromatic carbocycles. The van der Waals surface area contributed by atoms with Crippen LogP contribution in [0.5, 0.6) is 11.5 Å². The van der Waals surface area contributed by atoms with Gasteiger partial charge in [-0.1, -0.05) is 36.8 Å². The molecule has 4 aromatic rings. The normalized spacial score (nSPS) is 15.7. The van der Waals surface area contributed by atoms with Gasteiger partial charge in [-0.3, -0.25) is 4.79 Å². The van der Waals surface area contributed by atoms with Gasteiger partial charge in [-0.25, -0.2) is 0 Å². The maximum absolute atomic E-state index is 13.7. The number of thiophene rings is 1. The predicted molar refractivity (Wildman–Crippen MR) is 143 cm³/mol. The number of rotatable bonds is 9. The van der Waals surface area contributed by atoms with Crippen LogP contribution in [0.1, 0.15) is 52.0 Å². The molecular weight excluding hydrogens is 454 g/mol. The van der Waals surface area contributed by atoms with Gasteiger partial charge in [-0.05, 0) is 73.8 Å². The molecule has 1 aliphatic heterocycles. The van der Waals surface area contributed by atoms with E-state index in [0.717, 1.165) is 51.4 Å². The first kappa shape index (κ1) is 23.6. The zero-order valence-electron chi connectivity index (χ0n) is 20.1. The molecule has 35 heavy (non-hydrogen) atoms. The van der Waals surface area contributed by atoms with E-state index in [1.54, 1.807) is 18.4 Å². The summed E-state index contributed by atoms with van der Waals surface area (Å²) in [4.78, 5) is 14.8. The Hall–Kier alpha value is -3.15. The summed E-state index contributed by atoms with van der Waals surface area (Å²) < 4.78 is 12.5. The quantitative estimate of drug-likeness (QED) is 0.270. The third-order valence-electron chi connectivity index (χ3n) is 6.67. The van der Waals surface area contributed by atoms with E-state index < -0.39 is 0 Å². The third-order valence-corrected chi connectivity index (χ3v) is 7.82. The summed E-state index contributed by atoms with van der Waals surface area (Å²) in [5, 5.41) is 4.54. The molecule has 1 atom stereocenters. The van der Waals surface area contributed by atoms with Crippen molar-refractivity contribution in [3.8, 4) is 11.5 Å². The van der Waals surface area contributed by atoms with Gasteiger partial charge < -0.3 is 14.8 Å². The Balaban J connectivity index is 1.36. The lowest BCUT2D eigenvalue weighted by Crippen LogP contribution is -2.35. The molecule has 1 aliphatic rings. The molecule has 1 saturated heterocycles. The molecule has 2 heterocycles. The summed E-state index contributed by atoms with van der Waals surface area (Å²) >= 11 is 1.67. The molecule has 1 N–H and O–H groups in total. The SMILES string of the molecule is COc1ccc2c(C(=O)c3ccc(OCCC4CCCCN4)cc3)c(Cc3ccccc3)sc2c1. The summed E-state index contributed by atoms with van der Waals surface area (Å²) in [5.41, 5.74) is 2.65. The first-order chi connectivity index (χ1) is 17.2. The number of carbonyl (C=O) groups is 1. The van der Waals surface area contributed by atoms with Crippen molar-refractivity contribution >= 4 is 27.2 Å². The number of hydrogen-bond acceptors (Lipinski definition) is 5. The van der Waals surface area contributed by atoms with Crippen LogP contribution in [0.15, 0.2) is 72.8 Å². The third kappa shape index (κ3) is 5.58. The summed E-state index contributed by atoms with van der Waals surface area (Å²) in [6, 6.07) is 24.4. The molecule has 0 aliphatic carbocycles. The Labute approximate surface area is 210 Å². The number of ether oxygens (including phenoxy) is 2. The summed E-state index contributed by atoms with van der Waals surface area (Å²) in [5.74, 6) is 1.65. The van der Waals surface area contributed by atoms with E-state index in [-0.39, 0.29) is 5.78 Å². The molecule has 1 aromatic heterocycles. The molecule has 0 saturated carbocycles. The van der Waals surface area contributed by atoms with Crippen molar-refractivity contribution in [2.75, 3.05) is 20.3 Å². The Morgan fingerprint density at radius 2 is 1.80 bits per heavy atom. The van der Waals surface area contributed by atoms with Crippen LogP contribution in [-0.4, -0.2) is 32.1 Å². The molecule has 0 radical (unpaired) electrons. The Bertz CT molecular complexity index is 1270. The molecular formula is C30H31NO3S. The second-order valence-corrected chi connectivity index (χ2v) is 10.2. The molecule has 5 rings (SSSR count). The number of nitrogens with one attached hydrogen (secondary N) is 1. The zero-order chi connectivity index (χ0) is 24.0. The minimum atomic E-state index is 0.0466. The molecule has 1 fully saturated rings. The first-order valence-corrected chi connectivity index (χ1v) is 13.2. The maximum Gasteiger partial charge on any atom is 0.194 e. The largest absolute Gasteiger partial charge is 0.497 e. The Morgan fingerprint density at radius 3 is 2.54 bits per heavy atom. The van der Waals surface area contributed by atoms with Gasteiger partial charge in [0.05, 0.1) is 13.7 Å². The van der Waals surface area contributed by atoms with Crippen LogP contribution in [0.2, 0.25) is 0 Å². The van der Waals surface area contributed by atoms with Gasteiger partial charge in [0.1, 0.15) is 11.5 Å². The highest BCUT2D eigenvalue weighted by Gasteiger charge is 2.21. The van der Waals surface area contributed by atoms with Gasteiger partial charge in [0.15, 0.2) is 5.78 Å². The number of piperidine rings is 1. The number of benzene rings is 3. The molecule has 5 heteroatoms. The van der Waals surface area contributed by atoms with Crippen molar-refractivity contribution in [3.05, 3.63) is 94.4 Å². The second kappa shape index (κ2) is 11.1. The fourth-order valence-corrected chi connectivity index (χ4v) is 6.01. The fourth-order valence-electron chi connectivity index (χ4n) is 4.75. The highest BCUT2D eigenvalue weighted by molar-refractivity contribution is 7.19. The van der Waals surface area contributed by atoms with Crippen LogP contribution in [0.4, 0.5) is 0 Å². The van der Waals surface area contributed by atoms with Gasteiger partial charge >= 0.3 is 0 Å². The molecule has 4 nitrogen and oxygen atoms in total. The van der Waals surface area contributed by atoms with Crippen molar-refractivity contribution in [2.24, 2.45) is 0 Å². The highest BCUT2D eigenvalue weighted by Crippen LogP contribution is 2.36. The molecule has 0 amide bonds. The van der Waals surface area contributed by atoms with E-state index in [2.05, 4.69) is 17.4 Å². The maximum atomic E-state index is 13.7. The van der Waals surface area contributed by atoms with Crippen molar-refractivity contribution in [3.63, 3.8) is 0 Å². The Kier molecular flexibility index (Phi) is 7.45. The number of fused-ring (bicyclic) bond motifs is 1. The van der Waals surface area contributed by atoms with E-state index in [0.29, 0.717) is 18.2 Å². The number of hydrogen-bond donors (Lipinski definition) is 1. The van der Waals surface area contributed by atoms with Crippen molar-refractivity contribution in [1.82, 2.24) is 5.32 Å². The van der Waals surface area contributed by atoms with Gasteiger partial charge in [0, 0.05) is 38.6 Å². The topological polar surface area (TPSA) is 47.6 Å². The number of carbonyl (C=O) groups excluding carboxylic acids is 1. The first-order valence-electron chi connectivity index (χ1n) is 12.4. The summed E-state index contributed by atoms with van der Waals surface area (Å²) in [7, 11) is 1.67. The summed E-state index contributed by atoms with van der Waals surface area (Å²) in [6.45, 7) is 1.79. The highest BCUT2D eigenvalue weighted by atomic mass is 32.1. The predicted octanol–water partition coefficient (Wildman–Crippen LogP) is 6.64. The second-order valence-electron chi connectivity index (χ2n) is 9.06. The van der Waals surface area contributed by atoms with Crippen molar-refractivity contribution in [1.29, 1.82) is 0 Å². The molecule has 0 bridgehead atoms. The van der Waals surface area contributed by atoms with Crippen LogP contribution in [0, 0.1) is 0 Å². The average Bonchev–Trinajstić information content (AvgIpc) is 3.26. The van der Waals surface area contributed by atoms with Crippen LogP contribution in [0.25, 0.3) is 10.1 Å². The van der Waals surface area contributed by atoms with Crippen LogP contribution in [-0.2, 0) is 6.42 Å². The molecule has 0 spiro atoms. The molecule has 180 valence electrons. The fraction of sp³-hybridized carbons (Fsp3) is 0.300. The monoisotopic (exact) mass is 485 g/mol. The smallest absolute Gasteiger partial charge is 0.194 e. The number of methoxy groups -OCH3 is 1. The van der Waals surface area contributed by atoms with E-state index in [4.69, 9.17) is 9.47 Å². The lowest BCUT2D eigenvalue weighted by atomic mass is 9.97.